The van der Waals surface area contributed by atoms with Gasteiger partial charge in [0.05, 0.1) is 12.2 Å². The van der Waals surface area contributed by atoms with E-state index in [1.807, 2.05) is 0 Å². The molecular formula is C10H21NO2. The molecule has 0 saturated carbocycles. The normalized spacial score (nSPS) is 29.5. The molecule has 0 radical (unpaired) electrons. The molecule has 1 saturated heterocycles. The monoisotopic (exact) mass is 187 g/mol. The molecule has 3 nitrogen and oxygen atoms in total. The Balaban J connectivity index is 2.18. The molecule has 1 heterocycles. The molecule has 1 rings (SSSR count). The lowest BCUT2D eigenvalue weighted by Gasteiger charge is -2.25. The fraction of sp³-hybridized carbons (Fsp3) is 1.00. The van der Waals surface area contributed by atoms with Gasteiger partial charge in [-0.3, -0.25) is 0 Å². The lowest BCUT2D eigenvalue weighted by molar-refractivity contribution is -0.0118. The number of hydrogen-bond donors (Lipinski definition) is 1. The van der Waals surface area contributed by atoms with Gasteiger partial charge in [0, 0.05) is 18.8 Å². The van der Waals surface area contributed by atoms with E-state index >= 15 is 0 Å². The van der Waals surface area contributed by atoms with E-state index in [4.69, 9.17) is 15.2 Å². The van der Waals surface area contributed by atoms with Crippen molar-refractivity contribution in [2.45, 2.75) is 44.8 Å². The third kappa shape index (κ3) is 4.07. The Morgan fingerprint density at radius 2 is 2.15 bits per heavy atom. The Bertz CT molecular complexity index is 157. The molecule has 1 atom stereocenters. The zero-order valence-electron chi connectivity index (χ0n) is 8.93. The maximum atomic E-state index is 6.08. The van der Waals surface area contributed by atoms with Gasteiger partial charge >= 0.3 is 0 Å². The predicted octanol–water partition coefficient (Wildman–Crippen LogP) is 1.31. The van der Waals surface area contributed by atoms with Crippen LogP contribution >= 0.6 is 0 Å². The molecule has 0 bridgehead atoms. The van der Waals surface area contributed by atoms with Gasteiger partial charge in [0.15, 0.2) is 0 Å². The Hall–Kier alpha value is -0.120. The van der Waals surface area contributed by atoms with Gasteiger partial charge in [0.2, 0.25) is 0 Å². The van der Waals surface area contributed by atoms with Crippen molar-refractivity contribution in [1.82, 2.24) is 0 Å². The van der Waals surface area contributed by atoms with Crippen LogP contribution in [0.25, 0.3) is 0 Å². The van der Waals surface area contributed by atoms with Gasteiger partial charge in [-0.15, -0.1) is 0 Å². The number of hydrogen-bond acceptors (Lipinski definition) is 3. The van der Waals surface area contributed by atoms with Crippen LogP contribution in [0.1, 0.15) is 33.6 Å². The van der Waals surface area contributed by atoms with Crippen LogP contribution in [-0.4, -0.2) is 31.0 Å². The van der Waals surface area contributed by atoms with Crippen LogP contribution in [0, 0.1) is 0 Å². The minimum Gasteiger partial charge on any atom is -0.379 e. The average Bonchev–Trinajstić information content (AvgIpc) is 2.33. The Labute approximate surface area is 80.6 Å². The summed E-state index contributed by atoms with van der Waals surface area (Å²) in [5.74, 6) is 0. The number of nitrogens with two attached hydrogens (primary N) is 1. The van der Waals surface area contributed by atoms with Crippen LogP contribution in [0.3, 0.4) is 0 Å². The summed E-state index contributed by atoms with van der Waals surface area (Å²) in [5, 5.41) is 0. The molecule has 13 heavy (non-hydrogen) atoms. The molecule has 0 aliphatic carbocycles. The van der Waals surface area contributed by atoms with E-state index < -0.39 is 0 Å². The summed E-state index contributed by atoms with van der Waals surface area (Å²) in [6.45, 7) is 8.37. The van der Waals surface area contributed by atoms with Crippen molar-refractivity contribution in [3.63, 3.8) is 0 Å². The summed E-state index contributed by atoms with van der Waals surface area (Å²) < 4.78 is 10.9. The molecule has 0 aromatic carbocycles. The van der Waals surface area contributed by atoms with Crippen LogP contribution in [0.4, 0.5) is 0 Å². The summed E-state index contributed by atoms with van der Waals surface area (Å²) in [5.41, 5.74) is 5.89. The van der Waals surface area contributed by atoms with E-state index in [-0.39, 0.29) is 11.1 Å². The topological polar surface area (TPSA) is 44.5 Å². The van der Waals surface area contributed by atoms with E-state index in [0.717, 1.165) is 26.1 Å². The zero-order valence-corrected chi connectivity index (χ0v) is 8.93. The third-order valence-corrected chi connectivity index (χ3v) is 2.27. The summed E-state index contributed by atoms with van der Waals surface area (Å²) in [6.07, 6.45) is 1.85. The van der Waals surface area contributed by atoms with Crippen molar-refractivity contribution >= 4 is 0 Å². The standard InChI is InChI=1S/C10H21NO2/c1-9(2,3)13-7-5-10(11)4-6-12-8-10/h4-8,11H2,1-3H3. The first-order valence-corrected chi connectivity index (χ1v) is 4.92. The van der Waals surface area contributed by atoms with Gasteiger partial charge < -0.3 is 15.2 Å². The van der Waals surface area contributed by atoms with Crippen LogP contribution in [-0.2, 0) is 9.47 Å². The Kier molecular flexibility index (Phi) is 3.33. The largest absolute Gasteiger partial charge is 0.379 e. The molecule has 0 spiro atoms. The second-order valence-corrected chi connectivity index (χ2v) is 4.88. The first kappa shape index (κ1) is 11.0. The molecule has 2 N–H and O–H groups in total. The van der Waals surface area contributed by atoms with Gasteiger partial charge in [0.25, 0.3) is 0 Å². The van der Waals surface area contributed by atoms with Gasteiger partial charge in [-0.25, -0.2) is 0 Å². The number of rotatable bonds is 3. The highest BCUT2D eigenvalue weighted by Crippen LogP contribution is 2.20. The second-order valence-electron chi connectivity index (χ2n) is 4.88. The third-order valence-electron chi connectivity index (χ3n) is 2.27. The van der Waals surface area contributed by atoms with Crippen LogP contribution in [0.2, 0.25) is 0 Å². The molecule has 1 unspecified atom stereocenters. The zero-order chi connectivity index (χ0) is 9.95. The molecule has 78 valence electrons. The maximum absolute atomic E-state index is 6.08. The highest BCUT2D eigenvalue weighted by molar-refractivity contribution is 4.87. The number of ether oxygens (including phenoxy) is 2. The van der Waals surface area contributed by atoms with E-state index in [2.05, 4.69) is 20.8 Å². The smallest absolute Gasteiger partial charge is 0.0647 e. The van der Waals surface area contributed by atoms with Crippen LogP contribution in [0.15, 0.2) is 0 Å². The summed E-state index contributed by atoms with van der Waals surface area (Å²) in [4.78, 5) is 0. The molecule has 1 aliphatic rings. The van der Waals surface area contributed by atoms with E-state index in [0.29, 0.717) is 6.61 Å². The van der Waals surface area contributed by atoms with Crippen molar-refractivity contribution in [1.29, 1.82) is 0 Å². The molecule has 1 fully saturated rings. The summed E-state index contributed by atoms with van der Waals surface area (Å²) in [6, 6.07) is 0. The van der Waals surface area contributed by atoms with Gasteiger partial charge in [0.1, 0.15) is 0 Å². The lowest BCUT2D eigenvalue weighted by atomic mass is 9.96. The highest BCUT2D eigenvalue weighted by atomic mass is 16.5. The fourth-order valence-corrected chi connectivity index (χ4v) is 1.38. The summed E-state index contributed by atoms with van der Waals surface area (Å²) >= 11 is 0. The Morgan fingerprint density at radius 1 is 1.46 bits per heavy atom. The van der Waals surface area contributed by atoms with Gasteiger partial charge in [-0.2, -0.15) is 0 Å². The molecule has 0 amide bonds. The first-order chi connectivity index (χ1) is 5.91. The second kappa shape index (κ2) is 3.95. The van der Waals surface area contributed by atoms with Crippen molar-refractivity contribution < 1.29 is 9.47 Å². The average molecular weight is 187 g/mol. The first-order valence-electron chi connectivity index (χ1n) is 4.92. The highest BCUT2D eigenvalue weighted by Gasteiger charge is 2.30. The van der Waals surface area contributed by atoms with E-state index in [1.165, 1.54) is 0 Å². The molecule has 0 aromatic heterocycles. The lowest BCUT2D eigenvalue weighted by Crippen LogP contribution is -2.42. The molecule has 3 heteroatoms. The van der Waals surface area contributed by atoms with Crippen LogP contribution < -0.4 is 5.73 Å². The SMILES string of the molecule is CC(C)(C)OCCC1(N)CCOC1. The van der Waals surface area contributed by atoms with Crippen molar-refractivity contribution in [3.05, 3.63) is 0 Å². The summed E-state index contributed by atoms with van der Waals surface area (Å²) in [7, 11) is 0. The van der Waals surface area contributed by atoms with E-state index in [1.54, 1.807) is 0 Å². The minimum absolute atomic E-state index is 0.0597. The van der Waals surface area contributed by atoms with Gasteiger partial charge in [-0.05, 0) is 33.6 Å². The van der Waals surface area contributed by atoms with E-state index in [9.17, 15) is 0 Å². The van der Waals surface area contributed by atoms with Crippen molar-refractivity contribution in [2.24, 2.45) is 5.73 Å². The fourth-order valence-electron chi connectivity index (χ4n) is 1.38. The van der Waals surface area contributed by atoms with Crippen LogP contribution in [0.5, 0.6) is 0 Å². The van der Waals surface area contributed by atoms with Gasteiger partial charge in [-0.1, -0.05) is 0 Å². The Morgan fingerprint density at radius 3 is 2.62 bits per heavy atom. The molecule has 1 aliphatic heterocycles. The maximum Gasteiger partial charge on any atom is 0.0647 e. The minimum atomic E-state index is -0.134. The van der Waals surface area contributed by atoms with Crippen molar-refractivity contribution in [3.8, 4) is 0 Å². The van der Waals surface area contributed by atoms with Crippen molar-refractivity contribution in [2.75, 3.05) is 19.8 Å². The predicted molar refractivity (Wildman–Crippen MR) is 52.7 cm³/mol. The quantitative estimate of drug-likeness (QED) is 0.724. The molecular weight excluding hydrogens is 166 g/mol. The molecule has 0 aromatic rings.